The van der Waals surface area contributed by atoms with E-state index in [9.17, 15) is 4.79 Å². The summed E-state index contributed by atoms with van der Waals surface area (Å²) in [7, 11) is 2.13. The van der Waals surface area contributed by atoms with Crippen LogP contribution in [0.5, 0.6) is 5.75 Å². The van der Waals surface area contributed by atoms with Crippen LogP contribution in [0.15, 0.2) is 53.3 Å². The Morgan fingerprint density at radius 3 is 2.72 bits per heavy atom. The molecule has 3 aromatic rings. The van der Waals surface area contributed by atoms with Crippen LogP contribution in [0.25, 0.3) is 0 Å². The third kappa shape index (κ3) is 4.51. The largest absolute Gasteiger partial charge is 0.486 e. The molecule has 4 rings (SSSR count). The number of ether oxygens (including phenoxy) is 1. The standard InChI is InChI=1S/C22H26N4O3/c1-16-3-5-18(6-4-16)29-15-20-19(10-14-28-20)22(27)24-21-7-11-23-26(21)17-8-12-25(2)13-9-17/h3-7,10-11,14,17H,8-9,12-13,15H2,1-2H3,(H,24,27). The smallest absolute Gasteiger partial charge is 0.260 e. The first-order chi connectivity index (χ1) is 14.1. The minimum absolute atomic E-state index is 0.188. The lowest BCUT2D eigenvalue weighted by Gasteiger charge is -2.30. The quantitative estimate of drug-likeness (QED) is 0.687. The second-order valence-corrected chi connectivity index (χ2v) is 7.51. The zero-order valence-electron chi connectivity index (χ0n) is 16.8. The summed E-state index contributed by atoms with van der Waals surface area (Å²) in [6, 6.07) is 11.6. The average Bonchev–Trinajstić information content (AvgIpc) is 3.38. The average molecular weight is 394 g/mol. The number of benzene rings is 1. The number of carbonyl (C=O) groups excluding carboxylic acids is 1. The predicted octanol–water partition coefficient (Wildman–Crippen LogP) is 3.88. The summed E-state index contributed by atoms with van der Waals surface area (Å²) in [6.07, 6.45) is 5.27. The van der Waals surface area contributed by atoms with Crippen molar-refractivity contribution < 1.29 is 13.9 Å². The van der Waals surface area contributed by atoms with E-state index in [4.69, 9.17) is 9.15 Å². The number of hydrogen-bond acceptors (Lipinski definition) is 5. The van der Waals surface area contributed by atoms with Gasteiger partial charge in [-0.3, -0.25) is 4.79 Å². The van der Waals surface area contributed by atoms with E-state index in [1.807, 2.05) is 41.9 Å². The summed E-state index contributed by atoms with van der Waals surface area (Å²) in [5.41, 5.74) is 1.63. The maximum atomic E-state index is 12.9. The third-order valence-corrected chi connectivity index (χ3v) is 5.33. The highest BCUT2D eigenvalue weighted by atomic mass is 16.5. The van der Waals surface area contributed by atoms with E-state index in [0.29, 0.717) is 23.2 Å². The molecule has 3 heterocycles. The molecule has 1 amide bonds. The number of rotatable bonds is 6. The molecule has 7 heteroatoms. The van der Waals surface area contributed by atoms with Crippen LogP contribution in [0.3, 0.4) is 0 Å². The van der Waals surface area contributed by atoms with Gasteiger partial charge in [0.1, 0.15) is 18.2 Å². The van der Waals surface area contributed by atoms with Gasteiger partial charge in [0.15, 0.2) is 5.76 Å². The maximum Gasteiger partial charge on any atom is 0.260 e. The lowest BCUT2D eigenvalue weighted by Crippen LogP contribution is -2.32. The van der Waals surface area contributed by atoms with E-state index in [1.54, 1.807) is 12.3 Å². The topological polar surface area (TPSA) is 72.5 Å². The molecule has 0 aliphatic carbocycles. The molecule has 0 spiro atoms. The van der Waals surface area contributed by atoms with Gasteiger partial charge in [0.25, 0.3) is 5.91 Å². The first-order valence-corrected chi connectivity index (χ1v) is 9.89. The number of likely N-dealkylation sites (tertiary alicyclic amines) is 1. The van der Waals surface area contributed by atoms with Crippen LogP contribution < -0.4 is 10.1 Å². The third-order valence-electron chi connectivity index (χ3n) is 5.33. The molecule has 0 atom stereocenters. The van der Waals surface area contributed by atoms with Gasteiger partial charge >= 0.3 is 0 Å². The number of furan rings is 1. The lowest BCUT2D eigenvalue weighted by molar-refractivity contribution is 0.102. The summed E-state index contributed by atoms with van der Waals surface area (Å²) < 4.78 is 13.2. The number of anilines is 1. The molecule has 1 aliphatic rings. The Bertz CT molecular complexity index is 953. The van der Waals surface area contributed by atoms with Gasteiger partial charge in [0.05, 0.1) is 24.1 Å². The molecule has 0 bridgehead atoms. The molecule has 152 valence electrons. The molecular formula is C22H26N4O3. The lowest BCUT2D eigenvalue weighted by atomic mass is 10.1. The second kappa shape index (κ2) is 8.53. The van der Waals surface area contributed by atoms with Crippen LogP contribution in [0.4, 0.5) is 5.82 Å². The maximum absolute atomic E-state index is 12.9. The molecule has 0 saturated carbocycles. The highest BCUT2D eigenvalue weighted by Crippen LogP contribution is 2.25. The van der Waals surface area contributed by atoms with E-state index in [2.05, 4.69) is 22.4 Å². The number of carbonyl (C=O) groups is 1. The minimum atomic E-state index is -0.226. The molecule has 2 aromatic heterocycles. The van der Waals surface area contributed by atoms with Gasteiger partial charge in [-0.25, -0.2) is 4.68 Å². The van der Waals surface area contributed by atoms with Gasteiger partial charge in [-0.15, -0.1) is 0 Å². The molecule has 1 N–H and O–H groups in total. The number of hydrogen-bond donors (Lipinski definition) is 1. The number of nitrogens with one attached hydrogen (secondary N) is 1. The van der Waals surface area contributed by atoms with Crippen molar-refractivity contribution in [1.29, 1.82) is 0 Å². The van der Waals surface area contributed by atoms with Gasteiger partial charge in [0, 0.05) is 6.07 Å². The number of piperidine rings is 1. The number of aryl methyl sites for hydroxylation is 1. The molecule has 0 unspecified atom stereocenters. The van der Waals surface area contributed by atoms with Crippen LogP contribution in [-0.4, -0.2) is 40.7 Å². The van der Waals surface area contributed by atoms with Crippen molar-refractivity contribution in [3.8, 4) is 5.75 Å². The van der Waals surface area contributed by atoms with E-state index in [-0.39, 0.29) is 12.5 Å². The molecule has 29 heavy (non-hydrogen) atoms. The number of aromatic nitrogens is 2. The summed E-state index contributed by atoms with van der Waals surface area (Å²) in [5.74, 6) is 1.71. The fourth-order valence-electron chi connectivity index (χ4n) is 3.57. The Kier molecular flexibility index (Phi) is 5.67. The van der Waals surface area contributed by atoms with Crippen LogP contribution in [0.2, 0.25) is 0 Å². The van der Waals surface area contributed by atoms with Gasteiger partial charge in [0.2, 0.25) is 0 Å². The highest BCUT2D eigenvalue weighted by Gasteiger charge is 2.23. The first kappa shape index (κ1) is 19.3. The monoisotopic (exact) mass is 394 g/mol. The zero-order valence-corrected chi connectivity index (χ0v) is 16.8. The summed E-state index contributed by atoms with van der Waals surface area (Å²) in [5, 5.41) is 7.42. The van der Waals surface area contributed by atoms with Crippen molar-refractivity contribution in [1.82, 2.24) is 14.7 Å². The number of amides is 1. The molecule has 0 radical (unpaired) electrons. The van der Waals surface area contributed by atoms with Crippen molar-refractivity contribution in [2.45, 2.75) is 32.4 Å². The molecule has 1 saturated heterocycles. The van der Waals surface area contributed by atoms with Crippen LogP contribution in [-0.2, 0) is 6.61 Å². The fraction of sp³-hybridized carbons (Fsp3) is 0.364. The Balaban J connectivity index is 1.42. The van der Waals surface area contributed by atoms with E-state index in [0.717, 1.165) is 37.2 Å². The van der Waals surface area contributed by atoms with Crippen LogP contribution in [0.1, 0.15) is 40.6 Å². The van der Waals surface area contributed by atoms with Gasteiger partial charge < -0.3 is 19.4 Å². The van der Waals surface area contributed by atoms with Crippen LogP contribution >= 0.6 is 0 Å². The second-order valence-electron chi connectivity index (χ2n) is 7.51. The predicted molar refractivity (Wildman–Crippen MR) is 110 cm³/mol. The van der Waals surface area contributed by atoms with Gasteiger partial charge in [-0.2, -0.15) is 5.10 Å². The summed E-state index contributed by atoms with van der Waals surface area (Å²) >= 11 is 0. The Morgan fingerprint density at radius 1 is 1.21 bits per heavy atom. The van der Waals surface area contributed by atoms with Gasteiger partial charge in [-0.05, 0) is 58.1 Å². The summed E-state index contributed by atoms with van der Waals surface area (Å²) in [6.45, 7) is 4.27. The molecule has 1 aliphatic heterocycles. The van der Waals surface area contributed by atoms with E-state index < -0.39 is 0 Å². The Hall–Kier alpha value is -3.06. The van der Waals surface area contributed by atoms with Crippen molar-refractivity contribution in [2.75, 3.05) is 25.5 Å². The normalized spacial score (nSPS) is 15.4. The van der Waals surface area contributed by atoms with Crippen LogP contribution in [0, 0.1) is 6.92 Å². The molecule has 1 aromatic carbocycles. The zero-order chi connectivity index (χ0) is 20.2. The van der Waals surface area contributed by atoms with Crippen molar-refractivity contribution in [3.63, 3.8) is 0 Å². The fourth-order valence-corrected chi connectivity index (χ4v) is 3.57. The molecule has 1 fully saturated rings. The summed E-state index contributed by atoms with van der Waals surface area (Å²) in [4.78, 5) is 15.2. The van der Waals surface area contributed by atoms with E-state index in [1.165, 1.54) is 6.26 Å². The highest BCUT2D eigenvalue weighted by molar-refractivity contribution is 6.04. The van der Waals surface area contributed by atoms with Gasteiger partial charge in [-0.1, -0.05) is 17.7 Å². The minimum Gasteiger partial charge on any atom is -0.486 e. The van der Waals surface area contributed by atoms with Crippen molar-refractivity contribution in [3.05, 3.63) is 65.7 Å². The van der Waals surface area contributed by atoms with Crippen molar-refractivity contribution in [2.24, 2.45) is 0 Å². The molecular weight excluding hydrogens is 368 g/mol. The van der Waals surface area contributed by atoms with Crippen molar-refractivity contribution >= 4 is 11.7 Å². The Labute approximate surface area is 170 Å². The molecule has 7 nitrogen and oxygen atoms in total. The Morgan fingerprint density at radius 2 is 1.97 bits per heavy atom. The SMILES string of the molecule is Cc1ccc(OCc2occc2C(=O)Nc2ccnn2C2CCN(C)CC2)cc1. The van der Waals surface area contributed by atoms with E-state index >= 15 is 0 Å². The number of nitrogens with zero attached hydrogens (tertiary/aromatic N) is 3. The first-order valence-electron chi connectivity index (χ1n) is 9.89.